The van der Waals surface area contributed by atoms with Crippen molar-refractivity contribution < 1.29 is 9.59 Å². The number of carbonyl (C=O) groups excluding carboxylic acids is 2. The van der Waals surface area contributed by atoms with E-state index in [2.05, 4.69) is 10.6 Å². The highest BCUT2D eigenvalue weighted by molar-refractivity contribution is 7.80. The van der Waals surface area contributed by atoms with Crippen LogP contribution in [0.5, 0.6) is 0 Å². The van der Waals surface area contributed by atoms with Crippen LogP contribution in [0.4, 0.5) is 11.4 Å². The van der Waals surface area contributed by atoms with Crippen molar-refractivity contribution in [2.45, 2.75) is 24.9 Å². The van der Waals surface area contributed by atoms with Crippen molar-refractivity contribution in [1.29, 1.82) is 0 Å². The number of nitrogens with one attached hydrogen (secondary N) is 2. The topological polar surface area (TPSA) is 64.7 Å². The average Bonchev–Trinajstić information content (AvgIpc) is 3.15. The Kier molecular flexibility index (Phi) is 5.06. The van der Waals surface area contributed by atoms with Crippen LogP contribution in [0.2, 0.25) is 0 Å². The van der Waals surface area contributed by atoms with Gasteiger partial charge in [-0.05, 0) is 61.5 Å². The lowest BCUT2D eigenvalue weighted by Gasteiger charge is -2.15. The zero-order valence-electron chi connectivity index (χ0n) is 14.9. The minimum Gasteiger partial charge on any atom is -0.350 e. The molecule has 2 saturated heterocycles. The highest BCUT2D eigenvalue weighted by Gasteiger charge is 2.40. The van der Waals surface area contributed by atoms with Gasteiger partial charge >= 0.3 is 0 Å². The molecular weight excluding hydrogens is 392 g/mol. The molecule has 2 atom stereocenters. The normalized spacial score (nSPS) is 21.9. The monoisotopic (exact) mass is 410 g/mol. The van der Waals surface area contributed by atoms with Crippen LogP contribution in [0.1, 0.15) is 12.8 Å². The molecule has 4 rings (SSSR count). The molecule has 142 valence electrons. The van der Waals surface area contributed by atoms with E-state index in [1.807, 2.05) is 60.7 Å². The molecule has 2 amide bonds. The average molecular weight is 411 g/mol. The molecule has 0 spiro atoms. The van der Waals surface area contributed by atoms with Crippen LogP contribution >= 0.6 is 24.4 Å². The van der Waals surface area contributed by atoms with E-state index < -0.39 is 12.1 Å². The third-order valence-electron chi connectivity index (χ3n) is 4.81. The van der Waals surface area contributed by atoms with E-state index >= 15 is 0 Å². The predicted molar refractivity (Wildman–Crippen MR) is 116 cm³/mol. The first kappa shape index (κ1) is 18.5. The standard InChI is InChI=1S/C20H18N4O2S2/c25-17-15(21-19(27)23(17)13-7-3-1-4-8-13)11-12-16-18(26)24(20(28)22-16)14-9-5-2-6-10-14/h1-10,15-16H,11-12H2,(H,21,27)(H,22,28). The number of thiocarbonyl (C=S) groups is 2. The molecule has 2 aromatic rings. The SMILES string of the molecule is O=C1C(CCC2NC(=S)N(c3ccccc3)C2=O)NC(=S)N1c1ccccc1. The number of nitrogens with zero attached hydrogens (tertiary/aromatic N) is 2. The molecule has 0 aliphatic carbocycles. The van der Waals surface area contributed by atoms with E-state index in [1.165, 1.54) is 9.80 Å². The Morgan fingerprint density at radius 3 is 1.39 bits per heavy atom. The molecular formula is C20H18N4O2S2. The first-order chi connectivity index (χ1) is 13.6. The summed E-state index contributed by atoms with van der Waals surface area (Å²) in [6.45, 7) is 0. The van der Waals surface area contributed by atoms with Gasteiger partial charge < -0.3 is 10.6 Å². The fourth-order valence-corrected chi connectivity index (χ4v) is 4.11. The van der Waals surface area contributed by atoms with Crippen molar-refractivity contribution in [3.63, 3.8) is 0 Å². The van der Waals surface area contributed by atoms with Crippen molar-refractivity contribution in [3.05, 3.63) is 60.7 Å². The highest BCUT2D eigenvalue weighted by atomic mass is 32.1. The fourth-order valence-electron chi connectivity index (χ4n) is 3.43. The van der Waals surface area contributed by atoms with E-state index in [4.69, 9.17) is 24.4 Å². The van der Waals surface area contributed by atoms with Gasteiger partial charge in [-0.1, -0.05) is 36.4 Å². The lowest BCUT2D eigenvalue weighted by atomic mass is 10.1. The molecule has 2 unspecified atom stereocenters. The first-order valence-corrected chi connectivity index (χ1v) is 9.77. The Balaban J connectivity index is 1.41. The minimum atomic E-state index is -0.457. The van der Waals surface area contributed by atoms with Crippen LogP contribution in [0.15, 0.2) is 60.7 Å². The number of para-hydroxylation sites is 2. The summed E-state index contributed by atoms with van der Waals surface area (Å²) in [4.78, 5) is 28.6. The van der Waals surface area contributed by atoms with Gasteiger partial charge in [0.05, 0.1) is 11.4 Å². The van der Waals surface area contributed by atoms with Crippen molar-refractivity contribution >= 4 is 57.8 Å². The minimum absolute atomic E-state index is 0.107. The Morgan fingerprint density at radius 2 is 1.04 bits per heavy atom. The van der Waals surface area contributed by atoms with Crippen LogP contribution < -0.4 is 20.4 Å². The van der Waals surface area contributed by atoms with Crippen LogP contribution in [0.25, 0.3) is 0 Å². The van der Waals surface area contributed by atoms with Crippen molar-refractivity contribution in [3.8, 4) is 0 Å². The molecule has 0 bridgehead atoms. The fraction of sp³-hybridized carbons (Fsp3) is 0.200. The summed E-state index contributed by atoms with van der Waals surface area (Å²) in [6.07, 6.45) is 0.938. The van der Waals surface area contributed by atoms with Gasteiger partial charge in [0.1, 0.15) is 12.1 Å². The van der Waals surface area contributed by atoms with E-state index in [-0.39, 0.29) is 11.8 Å². The second kappa shape index (κ2) is 7.65. The number of hydrogen-bond donors (Lipinski definition) is 2. The molecule has 0 saturated carbocycles. The Bertz CT molecular complexity index is 858. The van der Waals surface area contributed by atoms with Crippen LogP contribution in [0, 0.1) is 0 Å². The molecule has 8 heteroatoms. The second-order valence-corrected chi connectivity index (χ2v) is 7.37. The maximum Gasteiger partial charge on any atom is 0.255 e. The van der Waals surface area contributed by atoms with Crippen molar-refractivity contribution in [2.24, 2.45) is 0 Å². The van der Waals surface area contributed by atoms with Gasteiger partial charge in [-0.25, -0.2) is 0 Å². The van der Waals surface area contributed by atoms with Gasteiger partial charge in [0.15, 0.2) is 10.2 Å². The zero-order chi connectivity index (χ0) is 19.7. The van der Waals surface area contributed by atoms with Gasteiger partial charge in [0.2, 0.25) is 0 Å². The molecule has 6 nitrogen and oxygen atoms in total. The molecule has 2 N–H and O–H groups in total. The van der Waals surface area contributed by atoms with Gasteiger partial charge in [-0.2, -0.15) is 0 Å². The van der Waals surface area contributed by atoms with E-state index in [0.717, 1.165) is 11.4 Å². The van der Waals surface area contributed by atoms with Gasteiger partial charge in [-0.3, -0.25) is 19.4 Å². The van der Waals surface area contributed by atoms with E-state index in [1.54, 1.807) is 0 Å². The lowest BCUT2D eigenvalue weighted by molar-refractivity contribution is -0.120. The van der Waals surface area contributed by atoms with Crippen LogP contribution in [-0.4, -0.2) is 34.1 Å². The molecule has 2 fully saturated rings. The first-order valence-electron chi connectivity index (χ1n) is 8.95. The largest absolute Gasteiger partial charge is 0.350 e. The smallest absolute Gasteiger partial charge is 0.255 e. The summed E-state index contributed by atoms with van der Waals surface area (Å²) in [5.41, 5.74) is 1.47. The third kappa shape index (κ3) is 3.36. The Labute approximate surface area is 173 Å². The summed E-state index contributed by atoms with van der Waals surface area (Å²) in [5.74, 6) is -0.215. The molecule has 2 aliphatic heterocycles. The Morgan fingerprint density at radius 1 is 0.679 bits per heavy atom. The third-order valence-corrected chi connectivity index (χ3v) is 5.41. The number of amides is 2. The summed E-state index contributed by atoms with van der Waals surface area (Å²) in [5, 5.41) is 6.90. The molecule has 0 radical (unpaired) electrons. The van der Waals surface area contributed by atoms with Gasteiger partial charge in [0.25, 0.3) is 11.8 Å². The van der Waals surface area contributed by atoms with Crippen molar-refractivity contribution in [2.75, 3.05) is 9.80 Å². The number of hydrogen-bond acceptors (Lipinski definition) is 4. The van der Waals surface area contributed by atoms with E-state index in [9.17, 15) is 9.59 Å². The molecule has 2 heterocycles. The lowest BCUT2D eigenvalue weighted by Crippen LogP contribution is -2.35. The summed E-state index contributed by atoms with van der Waals surface area (Å²) in [6, 6.07) is 17.7. The zero-order valence-corrected chi connectivity index (χ0v) is 16.5. The predicted octanol–water partition coefficient (Wildman–Crippen LogP) is 2.35. The van der Waals surface area contributed by atoms with Crippen LogP contribution in [-0.2, 0) is 9.59 Å². The summed E-state index contributed by atoms with van der Waals surface area (Å²) < 4.78 is 0. The number of benzene rings is 2. The number of carbonyl (C=O) groups is 2. The highest BCUT2D eigenvalue weighted by Crippen LogP contribution is 2.24. The van der Waals surface area contributed by atoms with Gasteiger partial charge in [-0.15, -0.1) is 0 Å². The van der Waals surface area contributed by atoms with E-state index in [0.29, 0.717) is 23.1 Å². The Hall–Kier alpha value is -2.84. The quantitative estimate of drug-likeness (QED) is 0.738. The number of rotatable bonds is 5. The van der Waals surface area contributed by atoms with Crippen molar-refractivity contribution in [1.82, 2.24) is 10.6 Å². The maximum atomic E-state index is 12.8. The molecule has 2 aliphatic rings. The number of anilines is 2. The van der Waals surface area contributed by atoms with Crippen LogP contribution in [0.3, 0.4) is 0 Å². The second-order valence-electron chi connectivity index (χ2n) is 6.60. The molecule has 28 heavy (non-hydrogen) atoms. The summed E-state index contributed by atoms with van der Waals surface area (Å²) in [7, 11) is 0. The summed E-state index contributed by atoms with van der Waals surface area (Å²) >= 11 is 10.7. The van der Waals surface area contributed by atoms with Gasteiger partial charge in [0, 0.05) is 0 Å². The molecule has 2 aromatic carbocycles. The maximum absolute atomic E-state index is 12.8. The molecule has 0 aromatic heterocycles.